The minimum absolute atomic E-state index is 0.110. The molecule has 1 aliphatic rings. The summed E-state index contributed by atoms with van der Waals surface area (Å²) >= 11 is 0. The number of nitrogens with zero attached hydrogens (tertiary/aromatic N) is 2. The fourth-order valence-electron chi connectivity index (χ4n) is 2.59. The summed E-state index contributed by atoms with van der Waals surface area (Å²) in [5.41, 5.74) is 11.9. The highest BCUT2D eigenvalue weighted by Crippen LogP contribution is 2.26. The van der Waals surface area contributed by atoms with Gasteiger partial charge in [-0.1, -0.05) is 0 Å². The van der Waals surface area contributed by atoms with Crippen LogP contribution in [0.5, 0.6) is 0 Å². The number of nitrogens with one attached hydrogen (secondary N) is 1. The zero-order chi connectivity index (χ0) is 19.3. The number of halogens is 3. The van der Waals surface area contributed by atoms with E-state index < -0.39 is 17.5 Å². The summed E-state index contributed by atoms with van der Waals surface area (Å²) in [6, 6.07) is 7.74. The highest BCUT2D eigenvalue weighted by atomic mass is 19.4. The van der Waals surface area contributed by atoms with Crippen LogP contribution in [0.1, 0.15) is 35.2 Å². The molecular formula is C18H18F3N5. The van der Waals surface area contributed by atoms with Crippen molar-refractivity contribution in [3.8, 4) is 6.07 Å². The number of rotatable bonds is 1. The van der Waals surface area contributed by atoms with Crippen molar-refractivity contribution in [2.24, 2.45) is 0 Å². The highest BCUT2D eigenvalue weighted by molar-refractivity contribution is 6.06. The highest BCUT2D eigenvalue weighted by Gasteiger charge is 2.36. The van der Waals surface area contributed by atoms with Gasteiger partial charge < -0.3 is 11.5 Å². The van der Waals surface area contributed by atoms with E-state index in [0.29, 0.717) is 5.56 Å². The second-order valence-electron chi connectivity index (χ2n) is 5.87. The van der Waals surface area contributed by atoms with Crippen LogP contribution in [0, 0.1) is 16.7 Å². The number of nitriles is 1. The number of hydrogen-bond donors (Lipinski definition) is 3. The van der Waals surface area contributed by atoms with Gasteiger partial charge in [0.1, 0.15) is 11.8 Å². The molecule has 0 bridgehead atoms. The number of alkyl halides is 3. The molecule has 0 radical (unpaired) electrons. The van der Waals surface area contributed by atoms with Gasteiger partial charge in [0.25, 0.3) is 0 Å². The van der Waals surface area contributed by atoms with Gasteiger partial charge in [-0.15, -0.1) is 0 Å². The lowest BCUT2D eigenvalue weighted by Gasteiger charge is -2.13. The van der Waals surface area contributed by atoms with E-state index in [0.717, 1.165) is 18.9 Å². The van der Waals surface area contributed by atoms with Crippen molar-refractivity contribution in [2.75, 3.05) is 11.5 Å². The molecule has 0 fully saturated rings. The summed E-state index contributed by atoms with van der Waals surface area (Å²) in [5.74, 6) is 0. The van der Waals surface area contributed by atoms with Crippen molar-refractivity contribution in [1.82, 2.24) is 4.98 Å². The molecule has 0 unspecified atom stereocenters. The Morgan fingerprint density at radius 2 is 1.85 bits per heavy atom. The molecule has 1 aliphatic carbocycles. The topological polar surface area (TPSA) is 113 Å². The van der Waals surface area contributed by atoms with Gasteiger partial charge in [0.2, 0.25) is 0 Å². The van der Waals surface area contributed by atoms with E-state index in [1.54, 1.807) is 6.20 Å². The van der Waals surface area contributed by atoms with Crippen molar-refractivity contribution < 1.29 is 13.2 Å². The summed E-state index contributed by atoms with van der Waals surface area (Å²) in [6.07, 6.45) is 1.63. The number of hydrogen-bond acceptors (Lipinski definition) is 5. The first kappa shape index (κ1) is 19.2. The standard InChI is InChI=1S/C10H10N2.C8H8F3N3/c11-6-8-5-9-3-1-2-4-10(9)12-7-8;9-8(10,11)7(14)5-3-4(12)1-2-6(5)13/h5,7H,1-4H2;1-3,14H,12-13H2. The number of aromatic nitrogens is 1. The first-order valence-electron chi connectivity index (χ1n) is 7.91. The number of benzene rings is 1. The van der Waals surface area contributed by atoms with Crippen molar-refractivity contribution in [1.29, 1.82) is 10.7 Å². The Hall–Kier alpha value is -3.08. The number of pyridine rings is 1. The first-order valence-corrected chi connectivity index (χ1v) is 7.91. The maximum atomic E-state index is 12.1. The third-order valence-electron chi connectivity index (χ3n) is 3.93. The second-order valence-corrected chi connectivity index (χ2v) is 5.87. The zero-order valence-electron chi connectivity index (χ0n) is 13.9. The molecule has 1 aromatic heterocycles. The van der Waals surface area contributed by atoms with Gasteiger partial charge in [-0.25, -0.2) is 0 Å². The monoisotopic (exact) mass is 361 g/mol. The fraction of sp³-hybridized carbons (Fsp3) is 0.278. The van der Waals surface area contributed by atoms with E-state index in [2.05, 4.69) is 11.1 Å². The predicted octanol–water partition coefficient (Wildman–Crippen LogP) is 3.61. The van der Waals surface area contributed by atoms with E-state index in [1.165, 1.54) is 36.2 Å². The van der Waals surface area contributed by atoms with Crippen LogP contribution in [0.3, 0.4) is 0 Å². The molecule has 2 aromatic rings. The third-order valence-corrected chi connectivity index (χ3v) is 3.93. The number of nitrogen functional groups attached to an aromatic ring is 2. The lowest BCUT2D eigenvalue weighted by Crippen LogP contribution is -2.24. The molecule has 0 amide bonds. The number of fused-ring (bicyclic) bond motifs is 1. The van der Waals surface area contributed by atoms with Crippen LogP contribution in [0.4, 0.5) is 24.5 Å². The van der Waals surface area contributed by atoms with E-state index in [4.69, 9.17) is 22.1 Å². The Kier molecular flexibility index (Phi) is 5.82. The Labute approximate surface area is 149 Å². The minimum Gasteiger partial charge on any atom is -0.399 e. The molecular weight excluding hydrogens is 343 g/mol. The Balaban J connectivity index is 0.000000189. The van der Waals surface area contributed by atoms with Crippen LogP contribution in [0.25, 0.3) is 0 Å². The van der Waals surface area contributed by atoms with Crippen LogP contribution in [-0.4, -0.2) is 16.9 Å². The zero-order valence-corrected chi connectivity index (χ0v) is 13.9. The molecule has 1 aromatic carbocycles. The number of aryl methyl sites for hydroxylation is 2. The van der Waals surface area contributed by atoms with Gasteiger partial charge in [0.05, 0.1) is 5.56 Å². The van der Waals surface area contributed by atoms with Crippen LogP contribution in [-0.2, 0) is 12.8 Å². The molecule has 1 heterocycles. The van der Waals surface area contributed by atoms with E-state index in [-0.39, 0.29) is 11.4 Å². The molecule has 0 spiro atoms. The van der Waals surface area contributed by atoms with Crippen molar-refractivity contribution >= 4 is 17.1 Å². The maximum Gasteiger partial charge on any atom is 0.433 e. The molecule has 5 N–H and O–H groups in total. The minimum atomic E-state index is -4.71. The average molecular weight is 361 g/mol. The number of nitrogens with two attached hydrogens (primary N) is 2. The normalized spacial score (nSPS) is 13.0. The van der Waals surface area contributed by atoms with Gasteiger partial charge >= 0.3 is 6.18 Å². The SMILES string of the molecule is N#Cc1cnc2c(c1)CCCC2.N=C(c1cc(N)ccc1N)C(F)(F)F. The van der Waals surface area contributed by atoms with Gasteiger partial charge in [-0.05, 0) is 55.5 Å². The maximum absolute atomic E-state index is 12.1. The molecule has 136 valence electrons. The molecule has 8 heteroatoms. The van der Waals surface area contributed by atoms with Crippen molar-refractivity contribution in [3.05, 3.63) is 52.8 Å². The Morgan fingerprint density at radius 1 is 1.15 bits per heavy atom. The molecule has 5 nitrogen and oxygen atoms in total. The summed E-state index contributed by atoms with van der Waals surface area (Å²) < 4.78 is 36.4. The Morgan fingerprint density at radius 3 is 2.50 bits per heavy atom. The predicted molar refractivity (Wildman–Crippen MR) is 93.7 cm³/mol. The van der Waals surface area contributed by atoms with Gasteiger partial charge in [-0.2, -0.15) is 18.4 Å². The van der Waals surface area contributed by atoms with Crippen LogP contribution in [0.2, 0.25) is 0 Å². The van der Waals surface area contributed by atoms with Gasteiger partial charge in [-0.3, -0.25) is 10.4 Å². The number of anilines is 2. The Bertz CT molecular complexity index is 853. The second kappa shape index (κ2) is 7.87. The summed E-state index contributed by atoms with van der Waals surface area (Å²) in [7, 11) is 0. The quantitative estimate of drug-likeness (QED) is 0.532. The van der Waals surface area contributed by atoms with Gasteiger partial charge in [0, 0.05) is 28.8 Å². The summed E-state index contributed by atoms with van der Waals surface area (Å²) in [5, 5.41) is 15.5. The largest absolute Gasteiger partial charge is 0.433 e. The molecule has 26 heavy (non-hydrogen) atoms. The summed E-state index contributed by atoms with van der Waals surface area (Å²) in [4.78, 5) is 4.27. The lowest BCUT2D eigenvalue weighted by molar-refractivity contribution is -0.0587. The first-order chi connectivity index (χ1) is 12.2. The molecule has 0 saturated heterocycles. The fourth-order valence-corrected chi connectivity index (χ4v) is 2.59. The van der Waals surface area contributed by atoms with E-state index >= 15 is 0 Å². The van der Waals surface area contributed by atoms with Crippen LogP contribution < -0.4 is 11.5 Å². The molecule has 3 rings (SSSR count). The van der Waals surface area contributed by atoms with Crippen molar-refractivity contribution in [3.63, 3.8) is 0 Å². The third kappa shape index (κ3) is 4.72. The molecule has 0 saturated carbocycles. The van der Waals surface area contributed by atoms with E-state index in [1.807, 2.05) is 6.07 Å². The van der Waals surface area contributed by atoms with Gasteiger partial charge in [0.15, 0.2) is 0 Å². The molecule has 0 atom stereocenters. The van der Waals surface area contributed by atoms with E-state index in [9.17, 15) is 13.2 Å². The van der Waals surface area contributed by atoms with Crippen LogP contribution >= 0.6 is 0 Å². The molecule has 0 aliphatic heterocycles. The average Bonchev–Trinajstić information content (AvgIpc) is 2.62. The van der Waals surface area contributed by atoms with Crippen molar-refractivity contribution in [2.45, 2.75) is 31.9 Å². The lowest BCUT2D eigenvalue weighted by atomic mass is 9.95. The van der Waals surface area contributed by atoms with Crippen LogP contribution in [0.15, 0.2) is 30.5 Å². The smallest absolute Gasteiger partial charge is 0.399 e. The summed E-state index contributed by atoms with van der Waals surface area (Å²) in [6.45, 7) is 0.